The van der Waals surface area contributed by atoms with Gasteiger partial charge in [-0.15, -0.1) is 11.8 Å². The summed E-state index contributed by atoms with van der Waals surface area (Å²) in [6, 6.07) is 1.89. The first-order valence-corrected chi connectivity index (χ1v) is 7.37. The minimum Gasteiger partial charge on any atom is -0.481 e. The van der Waals surface area contributed by atoms with Crippen LogP contribution in [-0.4, -0.2) is 39.6 Å². The molecule has 106 valence electrons. The van der Waals surface area contributed by atoms with E-state index in [0.717, 1.165) is 17.9 Å². The molecular weight excluding hydrogens is 264 g/mol. The first kappa shape index (κ1) is 15.6. The fourth-order valence-electron chi connectivity index (χ4n) is 2.01. The van der Waals surface area contributed by atoms with Crippen molar-refractivity contribution in [1.82, 2.24) is 9.88 Å². The molecule has 1 rings (SSSR count). The Labute approximate surface area is 117 Å². The van der Waals surface area contributed by atoms with Gasteiger partial charge in [0.25, 0.3) is 5.91 Å². The van der Waals surface area contributed by atoms with Gasteiger partial charge in [0.1, 0.15) is 0 Å². The van der Waals surface area contributed by atoms with Crippen LogP contribution in [0.3, 0.4) is 0 Å². The maximum Gasteiger partial charge on any atom is 0.313 e. The van der Waals surface area contributed by atoms with Gasteiger partial charge in [0.2, 0.25) is 0 Å². The summed E-state index contributed by atoms with van der Waals surface area (Å²) in [5.74, 6) is -0.253. The Morgan fingerprint density at radius 1 is 1.42 bits per heavy atom. The Kier molecular flexibility index (Phi) is 5.95. The molecule has 0 spiro atoms. The predicted octanol–water partition coefficient (Wildman–Crippen LogP) is 1.67. The fraction of sp³-hybridized carbons (Fsp3) is 0.538. The van der Waals surface area contributed by atoms with Gasteiger partial charge in [-0.2, -0.15) is 0 Å². The van der Waals surface area contributed by atoms with E-state index in [1.807, 2.05) is 26.8 Å². The summed E-state index contributed by atoms with van der Waals surface area (Å²) in [7, 11) is 0. The molecule has 0 saturated heterocycles. The van der Waals surface area contributed by atoms with Crippen molar-refractivity contribution < 1.29 is 14.7 Å². The SMILES string of the molecule is CCn1c(C)cc(C(=O)NCCSCC(=O)O)c1C. The highest BCUT2D eigenvalue weighted by Crippen LogP contribution is 2.14. The Bertz CT molecular complexity index is 469. The maximum absolute atomic E-state index is 12.0. The van der Waals surface area contributed by atoms with E-state index in [2.05, 4.69) is 9.88 Å². The molecule has 0 fully saturated rings. The second kappa shape index (κ2) is 7.23. The number of carboxylic acids is 1. The third-order valence-electron chi connectivity index (χ3n) is 2.89. The summed E-state index contributed by atoms with van der Waals surface area (Å²) in [6.07, 6.45) is 0. The van der Waals surface area contributed by atoms with Crippen LogP contribution >= 0.6 is 11.8 Å². The van der Waals surface area contributed by atoms with E-state index in [0.29, 0.717) is 17.9 Å². The van der Waals surface area contributed by atoms with Crippen molar-refractivity contribution in [2.75, 3.05) is 18.1 Å². The summed E-state index contributed by atoms with van der Waals surface area (Å²) in [5, 5.41) is 11.3. The zero-order valence-electron chi connectivity index (χ0n) is 11.5. The quantitative estimate of drug-likeness (QED) is 0.747. The van der Waals surface area contributed by atoms with E-state index in [-0.39, 0.29) is 11.7 Å². The first-order valence-electron chi connectivity index (χ1n) is 6.21. The van der Waals surface area contributed by atoms with E-state index >= 15 is 0 Å². The van der Waals surface area contributed by atoms with E-state index in [1.165, 1.54) is 11.8 Å². The Balaban J connectivity index is 2.48. The lowest BCUT2D eigenvalue weighted by atomic mass is 10.2. The van der Waals surface area contributed by atoms with Gasteiger partial charge in [-0.3, -0.25) is 9.59 Å². The number of aliphatic carboxylic acids is 1. The number of thioether (sulfide) groups is 1. The lowest BCUT2D eigenvalue weighted by Gasteiger charge is -2.06. The molecule has 0 saturated carbocycles. The Morgan fingerprint density at radius 3 is 2.63 bits per heavy atom. The van der Waals surface area contributed by atoms with Gasteiger partial charge in [-0.05, 0) is 26.8 Å². The van der Waals surface area contributed by atoms with E-state index in [1.54, 1.807) is 0 Å². The van der Waals surface area contributed by atoms with Crippen LogP contribution in [0.15, 0.2) is 6.07 Å². The van der Waals surface area contributed by atoms with Crippen molar-refractivity contribution in [3.8, 4) is 0 Å². The molecule has 0 unspecified atom stereocenters. The average Bonchev–Trinajstić information content (AvgIpc) is 2.63. The lowest BCUT2D eigenvalue weighted by Crippen LogP contribution is -2.26. The number of carbonyl (C=O) groups is 2. The number of aryl methyl sites for hydroxylation is 1. The molecule has 0 radical (unpaired) electrons. The van der Waals surface area contributed by atoms with Crippen molar-refractivity contribution >= 4 is 23.6 Å². The van der Waals surface area contributed by atoms with Crippen molar-refractivity contribution in [2.24, 2.45) is 0 Å². The molecule has 0 aliphatic heterocycles. The van der Waals surface area contributed by atoms with Gasteiger partial charge >= 0.3 is 5.97 Å². The molecular formula is C13H20N2O3S. The summed E-state index contributed by atoms with van der Waals surface area (Å²) in [4.78, 5) is 22.3. The summed E-state index contributed by atoms with van der Waals surface area (Å²) >= 11 is 1.30. The molecule has 19 heavy (non-hydrogen) atoms. The Morgan fingerprint density at radius 2 is 2.11 bits per heavy atom. The highest BCUT2D eigenvalue weighted by Gasteiger charge is 2.14. The van der Waals surface area contributed by atoms with Gasteiger partial charge < -0.3 is 15.0 Å². The molecule has 1 aromatic heterocycles. The van der Waals surface area contributed by atoms with Crippen LogP contribution in [0.4, 0.5) is 0 Å². The molecule has 0 aliphatic rings. The van der Waals surface area contributed by atoms with Crippen LogP contribution in [-0.2, 0) is 11.3 Å². The number of amides is 1. The van der Waals surface area contributed by atoms with Crippen molar-refractivity contribution in [3.63, 3.8) is 0 Å². The van der Waals surface area contributed by atoms with Crippen LogP contribution in [0.25, 0.3) is 0 Å². The molecule has 0 atom stereocenters. The zero-order valence-corrected chi connectivity index (χ0v) is 12.3. The fourth-order valence-corrected chi connectivity index (χ4v) is 2.57. The van der Waals surface area contributed by atoms with E-state index in [4.69, 9.17) is 5.11 Å². The number of hydrogen-bond acceptors (Lipinski definition) is 3. The number of rotatable bonds is 7. The molecule has 0 bridgehead atoms. The number of hydrogen-bond donors (Lipinski definition) is 2. The van der Waals surface area contributed by atoms with Crippen molar-refractivity contribution in [2.45, 2.75) is 27.3 Å². The number of carbonyl (C=O) groups excluding carboxylic acids is 1. The average molecular weight is 284 g/mol. The molecule has 1 heterocycles. The van der Waals surface area contributed by atoms with Crippen LogP contribution in [0.2, 0.25) is 0 Å². The minimum absolute atomic E-state index is 0.0697. The molecule has 6 heteroatoms. The predicted molar refractivity (Wildman–Crippen MR) is 76.9 cm³/mol. The monoisotopic (exact) mass is 284 g/mol. The third-order valence-corrected chi connectivity index (χ3v) is 3.84. The summed E-state index contributed by atoms with van der Waals surface area (Å²) < 4.78 is 2.09. The van der Waals surface area contributed by atoms with Gasteiger partial charge in [0.15, 0.2) is 0 Å². The zero-order chi connectivity index (χ0) is 14.4. The van der Waals surface area contributed by atoms with Crippen molar-refractivity contribution in [1.29, 1.82) is 0 Å². The second-order valence-electron chi connectivity index (χ2n) is 4.23. The number of aromatic nitrogens is 1. The van der Waals surface area contributed by atoms with Gasteiger partial charge in [0, 0.05) is 30.2 Å². The second-order valence-corrected chi connectivity index (χ2v) is 5.34. The Hall–Kier alpha value is -1.43. The minimum atomic E-state index is -0.831. The van der Waals surface area contributed by atoms with Crippen LogP contribution in [0, 0.1) is 13.8 Å². The molecule has 0 aromatic carbocycles. The first-order chi connectivity index (χ1) is 8.97. The summed E-state index contributed by atoms with van der Waals surface area (Å²) in [6.45, 7) is 7.29. The summed E-state index contributed by atoms with van der Waals surface area (Å²) in [5.41, 5.74) is 2.74. The van der Waals surface area contributed by atoms with Gasteiger partial charge in [0.05, 0.1) is 11.3 Å². The third kappa shape index (κ3) is 4.31. The highest BCUT2D eigenvalue weighted by molar-refractivity contribution is 7.99. The molecule has 1 amide bonds. The largest absolute Gasteiger partial charge is 0.481 e. The highest BCUT2D eigenvalue weighted by atomic mass is 32.2. The van der Waals surface area contributed by atoms with Crippen LogP contribution in [0.1, 0.15) is 28.7 Å². The van der Waals surface area contributed by atoms with Gasteiger partial charge in [-0.25, -0.2) is 0 Å². The number of nitrogens with one attached hydrogen (secondary N) is 1. The molecule has 0 aliphatic carbocycles. The van der Waals surface area contributed by atoms with Crippen LogP contribution < -0.4 is 5.32 Å². The van der Waals surface area contributed by atoms with Crippen LogP contribution in [0.5, 0.6) is 0 Å². The molecule has 2 N–H and O–H groups in total. The molecule has 1 aromatic rings. The van der Waals surface area contributed by atoms with E-state index in [9.17, 15) is 9.59 Å². The normalized spacial score (nSPS) is 10.5. The topological polar surface area (TPSA) is 71.3 Å². The number of carboxylic acid groups (broad SMARTS) is 1. The van der Waals surface area contributed by atoms with Crippen molar-refractivity contribution in [3.05, 3.63) is 23.0 Å². The maximum atomic E-state index is 12.0. The van der Waals surface area contributed by atoms with Gasteiger partial charge in [-0.1, -0.05) is 0 Å². The number of nitrogens with zero attached hydrogens (tertiary/aromatic N) is 1. The lowest BCUT2D eigenvalue weighted by molar-refractivity contribution is -0.133. The molecule has 5 nitrogen and oxygen atoms in total. The van der Waals surface area contributed by atoms with E-state index < -0.39 is 5.97 Å². The smallest absolute Gasteiger partial charge is 0.313 e. The standard InChI is InChI=1S/C13H20N2O3S/c1-4-15-9(2)7-11(10(15)3)13(18)14-5-6-19-8-12(16)17/h7H,4-6,8H2,1-3H3,(H,14,18)(H,16,17).